The number of aryl methyl sites for hydroxylation is 1. The summed E-state index contributed by atoms with van der Waals surface area (Å²) in [5, 5.41) is 11.1. The van der Waals surface area contributed by atoms with Gasteiger partial charge in [-0.3, -0.25) is 0 Å². The van der Waals surface area contributed by atoms with E-state index in [1.807, 2.05) is 43.3 Å². The van der Waals surface area contributed by atoms with Crippen molar-refractivity contribution in [1.29, 1.82) is 0 Å². The fourth-order valence-electron chi connectivity index (χ4n) is 2.28. The third-order valence-corrected chi connectivity index (χ3v) is 4.02. The molecule has 0 fully saturated rings. The summed E-state index contributed by atoms with van der Waals surface area (Å²) >= 11 is 12.1. The molecule has 1 N–H and O–H groups in total. The van der Waals surface area contributed by atoms with E-state index in [0.717, 1.165) is 34.0 Å². The smallest absolute Gasteiger partial charge is 0.0465 e. The first-order chi connectivity index (χ1) is 9.58. The molecule has 1 nitrogen and oxygen atoms in total. The summed E-state index contributed by atoms with van der Waals surface area (Å²) < 4.78 is 0. The highest BCUT2D eigenvalue weighted by molar-refractivity contribution is 6.31. The third kappa shape index (κ3) is 4.24. The Morgan fingerprint density at radius 3 is 2.30 bits per heavy atom. The second-order valence-electron chi connectivity index (χ2n) is 5.18. The van der Waals surface area contributed by atoms with Gasteiger partial charge in [-0.25, -0.2) is 0 Å². The van der Waals surface area contributed by atoms with Gasteiger partial charge < -0.3 is 5.11 Å². The van der Waals surface area contributed by atoms with E-state index in [1.54, 1.807) is 0 Å². The zero-order valence-electron chi connectivity index (χ0n) is 11.4. The molecule has 0 spiro atoms. The Morgan fingerprint density at radius 2 is 1.70 bits per heavy atom. The van der Waals surface area contributed by atoms with Crippen LogP contribution in [0.15, 0.2) is 42.5 Å². The number of aliphatic hydroxyl groups excluding tert-OH is 1. The van der Waals surface area contributed by atoms with E-state index in [4.69, 9.17) is 23.2 Å². The van der Waals surface area contributed by atoms with E-state index in [0.29, 0.717) is 0 Å². The van der Waals surface area contributed by atoms with E-state index in [9.17, 15) is 5.11 Å². The van der Waals surface area contributed by atoms with Gasteiger partial charge in [0, 0.05) is 16.7 Å². The summed E-state index contributed by atoms with van der Waals surface area (Å²) in [4.78, 5) is 0. The first-order valence-electron chi connectivity index (χ1n) is 6.69. The van der Waals surface area contributed by atoms with Gasteiger partial charge in [-0.05, 0) is 60.6 Å². The predicted molar refractivity (Wildman–Crippen MR) is 85.6 cm³/mol. The van der Waals surface area contributed by atoms with Crippen LogP contribution >= 0.6 is 23.2 Å². The minimum absolute atomic E-state index is 0.146. The Labute approximate surface area is 130 Å². The number of benzene rings is 2. The number of halogens is 2. The van der Waals surface area contributed by atoms with Crippen LogP contribution in [-0.2, 0) is 12.8 Å². The summed E-state index contributed by atoms with van der Waals surface area (Å²) in [6.45, 7) is 2.17. The molecule has 2 rings (SSSR count). The Bertz CT molecular complexity index is 564. The van der Waals surface area contributed by atoms with Crippen LogP contribution in [0.1, 0.15) is 16.7 Å². The molecule has 1 unspecified atom stereocenters. The molecule has 0 aliphatic heterocycles. The molecule has 1 atom stereocenters. The lowest BCUT2D eigenvalue weighted by atomic mass is 9.93. The molecule has 0 aliphatic carbocycles. The van der Waals surface area contributed by atoms with Crippen molar-refractivity contribution in [3.05, 3.63) is 69.2 Å². The molecule has 0 saturated heterocycles. The maximum absolute atomic E-state index is 9.58. The zero-order chi connectivity index (χ0) is 14.5. The minimum atomic E-state index is 0.146. The highest BCUT2D eigenvalue weighted by Crippen LogP contribution is 2.23. The van der Waals surface area contributed by atoms with Gasteiger partial charge in [-0.2, -0.15) is 0 Å². The van der Waals surface area contributed by atoms with Gasteiger partial charge in [-0.15, -0.1) is 0 Å². The van der Waals surface area contributed by atoms with E-state index in [1.165, 1.54) is 5.56 Å². The molecule has 20 heavy (non-hydrogen) atoms. The number of rotatable bonds is 5. The molecule has 0 bridgehead atoms. The standard InChI is InChI=1S/C17H18Cl2O/c1-12-2-5-15(17(19)8-12)10-14(11-20)9-13-3-6-16(18)7-4-13/h2-8,14,20H,9-11H2,1H3. The normalized spacial score (nSPS) is 12.4. The average molecular weight is 309 g/mol. The molecule has 0 amide bonds. The maximum atomic E-state index is 9.58. The summed E-state index contributed by atoms with van der Waals surface area (Å²) in [6.07, 6.45) is 1.59. The molecule has 0 radical (unpaired) electrons. The molecule has 3 heteroatoms. The Balaban J connectivity index is 2.07. The molecule has 0 heterocycles. The predicted octanol–water partition coefficient (Wildman–Crippen LogP) is 4.70. The fraction of sp³-hybridized carbons (Fsp3) is 0.294. The van der Waals surface area contributed by atoms with Gasteiger partial charge in [-0.1, -0.05) is 47.5 Å². The zero-order valence-corrected chi connectivity index (χ0v) is 13.0. The quantitative estimate of drug-likeness (QED) is 0.849. The lowest BCUT2D eigenvalue weighted by Gasteiger charge is -2.15. The minimum Gasteiger partial charge on any atom is -0.396 e. The first kappa shape index (κ1) is 15.4. The van der Waals surface area contributed by atoms with Crippen molar-refractivity contribution < 1.29 is 5.11 Å². The summed E-state index contributed by atoms with van der Waals surface area (Å²) in [5.41, 5.74) is 3.42. The van der Waals surface area contributed by atoms with Gasteiger partial charge in [0.15, 0.2) is 0 Å². The van der Waals surface area contributed by atoms with Crippen molar-refractivity contribution in [3.63, 3.8) is 0 Å². The fourth-order valence-corrected chi connectivity index (χ4v) is 2.72. The van der Waals surface area contributed by atoms with Crippen molar-refractivity contribution in [2.75, 3.05) is 6.61 Å². The highest BCUT2D eigenvalue weighted by atomic mass is 35.5. The second kappa shape index (κ2) is 7.12. The van der Waals surface area contributed by atoms with Gasteiger partial charge in [0.25, 0.3) is 0 Å². The Hall–Kier alpha value is -1.02. The van der Waals surface area contributed by atoms with Crippen LogP contribution in [0, 0.1) is 12.8 Å². The highest BCUT2D eigenvalue weighted by Gasteiger charge is 2.12. The number of aliphatic hydroxyl groups is 1. The third-order valence-electron chi connectivity index (χ3n) is 3.41. The van der Waals surface area contributed by atoms with Crippen LogP contribution in [0.2, 0.25) is 10.0 Å². The van der Waals surface area contributed by atoms with E-state index >= 15 is 0 Å². The Morgan fingerprint density at radius 1 is 1.00 bits per heavy atom. The van der Waals surface area contributed by atoms with Crippen LogP contribution in [0.5, 0.6) is 0 Å². The van der Waals surface area contributed by atoms with Gasteiger partial charge in [0.05, 0.1) is 0 Å². The maximum Gasteiger partial charge on any atom is 0.0465 e. The van der Waals surface area contributed by atoms with Crippen molar-refractivity contribution in [1.82, 2.24) is 0 Å². The summed E-state index contributed by atoms with van der Waals surface area (Å²) in [6, 6.07) is 13.8. The molecule has 2 aromatic rings. The van der Waals surface area contributed by atoms with Gasteiger partial charge in [0.1, 0.15) is 0 Å². The average Bonchev–Trinajstić information content (AvgIpc) is 2.43. The van der Waals surface area contributed by atoms with E-state index in [2.05, 4.69) is 6.07 Å². The van der Waals surface area contributed by atoms with Gasteiger partial charge >= 0.3 is 0 Å². The van der Waals surface area contributed by atoms with Crippen molar-refractivity contribution in [3.8, 4) is 0 Å². The topological polar surface area (TPSA) is 20.2 Å². The molecule has 2 aromatic carbocycles. The monoisotopic (exact) mass is 308 g/mol. The lowest BCUT2D eigenvalue weighted by Crippen LogP contribution is -2.13. The first-order valence-corrected chi connectivity index (χ1v) is 7.44. The largest absolute Gasteiger partial charge is 0.396 e. The van der Waals surface area contributed by atoms with Crippen LogP contribution < -0.4 is 0 Å². The Kier molecular flexibility index (Phi) is 5.47. The van der Waals surface area contributed by atoms with E-state index in [-0.39, 0.29) is 12.5 Å². The van der Waals surface area contributed by atoms with Crippen molar-refractivity contribution >= 4 is 23.2 Å². The SMILES string of the molecule is Cc1ccc(CC(CO)Cc2ccc(Cl)cc2)c(Cl)c1. The lowest BCUT2D eigenvalue weighted by molar-refractivity contribution is 0.225. The van der Waals surface area contributed by atoms with E-state index < -0.39 is 0 Å². The van der Waals surface area contributed by atoms with Crippen molar-refractivity contribution in [2.24, 2.45) is 5.92 Å². The molecule has 0 saturated carbocycles. The van der Waals surface area contributed by atoms with Crippen molar-refractivity contribution in [2.45, 2.75) is 19.8 Å². The molecular weight excluding hydrogens is 291 g/mol. The van der Waals surface area contributed by atoms with Crippen LogP contribution in [0.4, 0.5) is 0 Å². The molecule has 0 aliphatic rings. The summed E-state index contributed by atoms with van der Waals surface area (Å²) in [7, 11) is 0. The molecule has 106 valence electrons. The molecule has 0 aromatic heterocycles. The van der Waals surface area contributed by atoms with Gasteiger partial charge in [0.2, 0.25) is 0 Å². The van der Waals surface area contributed by atoms with Crippen LogP contribution in [0.3, 0.4) is 0 Å². The number of hydrogen-bond acceptors (Lipinski definition) is 1. The summed E-state index contributed by atoms with van der Waals surface area (Å²) in [5.74, 6) is 0.163. The molecular formula is C17H18Cl2O. The van der Waals surface area contributed by atoms with Crippen LogP contribution in [-0.4, -0.2) is 11.7 Å². The number of hydrogen-bond donors (Lipinski definition) is 1. The van der Waals surface area contributed by atoms with Crippen LogP contribution in [0.25, 0.3) is 0 Å². The second-order valence-corrected chi connectivity index (χ2v) is 6.02.